The normalized spacial score (nSPS) is 11.1. The number of aromatic nitrogens is 2. The van der Waals surface area contributed by atoms with Crippen molar-refractivity contribution in [1.82, 2.24) is 9.97 Å². The molecule has 3 rings (SSSR count). The van der Waals surface area contributed by atoms with Crippen molar-refractivity contribution in [3.05, 3.63) is 34.8 Å². The number of nitrogens with zero attached hydrogens (tertiary/aromatic N) is 2. The molecule has 0 radical (unpaired) electrons. The number of aromatic hydroxyl groups is 2. The number of rotatable bonds is 0. The first kappa shape index (κ1) is 10.3. The summed E-state index contributed by atoms with van der Waals surface area (Å²) in [6, 6.07) is 8.38. The Hall–Kier alpha value is -1.88. The number of halogens is 1. The van der Waals surface area contributed by atoms with Gasteiger partial charge < -0.3 is 10.2 Å². The summed E-state index contributed by atoms with van der Waals surface area (Å²) in [7, 11) is 0. The molecule has 1 aromatic heterocycles. The summed E-state index contributed by atoms with van der Waals surface area (Å²) in [5.41, 5.74) is 2.57. The Balaban J connectivity index is 2.43. The monoisotopic (exact) mass is 290 g/mol. The van der Waals surface area contributed by atoms with Gasteiger partial charge in [-0.2, -0.15) is 0 Å². The molecule has 0 fully saturated rings. The van der Waals surface area contributed by atoms with Gasteiger partial charge in [-0.15, -0.1) is 0 Å². The summed E-state index contributed by atoms with van der Waals surface area (Å²) in [4.78, 5) is 8.74. The van der Waals surface area contributed by atoms with E-state index >= 15 is 0 Å². The highest BCUT2D eigenvalue weighted by Gasteiger charge is 2.06. The van der Waals surface area contributed by atoms with Gasteiger partial charge >= 0.3 is 0 Å². The molecular formula is C12H7BrN2O2. The summed E-state index contributed by atoms with van der Waals surface area (Å²) >= 11 is 3.37. The van der Waals surface area contributed by atoms with Crippen LogP contribution in [0.3, 0.4) is 0 Å². The fourth-order valence-corrected chi connectivity index (χ4v) is 2.02. The van der Waals surface area contributed by atoms with Crippen molar-refractivity contribution in [2.75, 3.05) is 0 Å². The van der Waals surface area contributed by atoms with Gasteiger partial charge in [0.25, 0.3) is 0 Å². The summed E-state index contributed by atoms with van der Waals surface area (Å²) in [5, 5.41) is 18.8. The standard InChI is InChI=1S/C12H7BrN2O2/c13-6-1-2-7-8(3-6)15-10-5-12(17)11(16)4-9(10)14-7/h1-5,16-17H. The Labute approximate surface area is 105 Å². The maximum atomic E-state index is 9.42. The molecule has 0 aliphatic rings. The fourth-order valence-electron chi connectivity index (χ4n) is 1.67. The maximum Gasteiger partial charge on any atom is 0.159 e. The van der Waals surface area contributed by atoms with E-state index in [4.69, 9.17) is 0 Å². The fraction of sp³-hybridized carbons (Fsp3) is 0. The van der Waals surface area contributed by atoms with Crippen LogP contribution >= 0.6 is 15.9 Å². The first-order valence-electron chi connectivity index (χ1n) is 4.92. The Morgan fingerprint density at radius 2 is 1.29 bits per heavy atom. The van der Waals surface area contributed by atoms with Crippen LogP contribution in [-0.4, -0.2) is 20.2 Å². The van der Waals surface area contributed by atoms with Crippen molar-refractivity contribution in [2.45, 2.75) is 0 Å². The highest BCUT2D eigenvalue weighted by molar-refractivity contribution is 9.10. The van der Waals surface area contributed by atoms with Gasteiger partial charge in [0.15, 0.2) is 11.5 Å². The van der Waals surface area contributed by atoms with E-state index < -0.39 is 0 Å². The van der Waals surface area contributed by atoms with Gasteiger partial charge in [0.05, 0.1) is 22.1 Å². The molecule has 0 bridgehead atoms. The quantitative estimate of drug-likeness (QED) is 0.493. The molecule has 0 saturated heterocycles. The van der Waals surface area contributed by atoms with Crippen molar-refractivity contribution in [2.24, 2.45) is 0 Å². The van der Waals surface area contributed by atoms with Gasteiger partial charge in [0.1, 0.15) is 0 Å². The van der Waals surface area contributed by atoms with Crippen molar-refractivity contribution in [3.63, 3.8) is 0 Å². The van der Waals surface area contributed by atoms with E-state index in [1.807, 2.05) is 18.2 Å². The van der Waals surface area contributed by atoms with E-state index in [1.165, 1.54) is 12.1 Å². The Morgan fingerprint density at radius 1 is 0.765 bits per heavy atom. The predicted octanol–water partition coefficient (Wildman–Crippen LogP) is 2.96. The summed E-state index contributed by atoms with van der Waals surface area (Å²) in [5.74, 6) is -0.385. The zero-order chi connectivity index (χ0) is 12.0. The van der Waals surface area contributed by atoms with Crippen LogP contribution in [0, 0.1) is 0 Å². The van der Waals surface area contributed by atoms with Crippen LogP contribution in [-0.2, 0) is 0 Å². The van der Waals surface area contributed by atoms with Gasteiger partial charge in [-0.1, -0.05) is 15.9 Å². The van der Waals surface area contributed by atoms with Crippen LogP contribution in [0.5, 0.6) is 11.5 Å². The van der Waals surface area contributed by atoms with E-state index in [-0.39, 0.29) is 11.5 Å². The minimum atomic E-state index is -0.193. The molecule has 5 heteroatoms. The van der Waals surface area contributed by atoms with Gasteiger partial charge in [0, 0.05) is 16.6 Å². The topological polar surface area (TPSA) is 66.2 Å². The van der Waals surface area contributed by atoms with Crippen molar-refractivity contribution >= 4 is 38.0 Å². The lowest BCUT2D eigenvalue weighted by Gasteiger charge is -2.03. The molecule has 0 aliphatic carbocycles. The second-order valence-corrected chi connectivity index (χ2v) is 4.60. The highest BCUT2D eigenvalue weighted by Crippen LogP contribution is 2.29. The number of hydrogen-bond donors (Lipinski definition) is 2. The molecule has 0 spiro atoms. The lowest BCUT2D eigenvalue weighted by atomic mass is 10.2. The van der Waals surface area contributed by atoms with Crippen LogP contribution in [0.25, 0.3) is 22.1 Å². The molecule has 2 N–H and O–H groups in total. The molecule has 0 amide bonds. The van der Waals surface area contributed by atoms with Crippen molar-refractivity contribution in [3.8, 4) is 11.5 Å². The molecule has 0 unspecified atom stereocenters. The molecule has 0 atom stereocenters. The lowest BCUT2D eigenvalue weighted by Crippen LogP contribution is -1.87. The summed E-state index contributed by atoms with van der Waals surface area (Å²) in [6.07, 6.45) is 0. The second kappa shape index (κ2) is 3.56. The van der Waals surface area contributed by atoms with Crippen LogP contribution in [0.1, 0.15) is 0 Å². The molecule has 0 aliphatic heterocycles. The molecule has 17 heavy (non-hydrogen) atoms. The van der Waals surface area contributed by atoms with Crippen LogP contribution < -0.4 is 0 Å². The zero-order valence-electron chi connectivity index (χ0n) is 8.55. The number of phenolic OH excluding ortho intramolecular Hbond substituents is 2. The number of phenols is 2. The van der Waals surface area contributed by atoms with Crippen LogP contribution in [0.4, 0.5) is 0 Å². The molecule has 84 valence electrons. The van der Waals surface area contributed by atoms with Gasteiger partial charge in [0.2, 0.25) is 0 Å². The summed E-state index contributed by atoms with van der Waals surface area (Å²) in [6.45, 7) is 0. The van der Waals surface area contributed by atoms with Gasteiger partial charge in [-0.3, -0.25) is 0 Å². The molecule has 3 aromatic rings. The van der Waals surface area contributed by atoms with E-state index in [2.05, 4.69) is 25.9 Å². The number of fused-ring (bicyclic) bond motifs is 2. The first-order chi connectivity index (χ1) is 8.13. The van der Waals surface area contributed by atoms with Crippen molar-refractivity contribution in [1.29, 1.82) is 0 Å². The summed E-state index contributed by atoms with van der Waals surface area (Å²) < 4.78 is 0.918. The Kier molecular flexibility index (Phi) is 2.16. The van der Waals surface area contributed by atoms with Crippen LogP contribution in [0.2, 0.25) is 0 Å². The molecule has 0 saturated carbocycles. The Bertz CT molecular complexity index is 743. The number of hydrogen-bond acceptors (Lipinski definition) is 4. The van der Waals surface area contributed by atoms with E-state index in [9.17, 15) is 10.2 Å². The first-order valence-corrected chi connectivity index (χ1v) is 5.72. The predicted molar refractivity (Wildman–Crippen MR) is 68.1 cm³/mol. The minimum absolute atomic E-state index is 0.191. The van der Waals surface area contributed by atoms with Gasteiger partial charge in [-0.05, 0) is 18.2 Å². The van der Waals surface area contributed by atoms with Gasteiger partial charge in [-0.25, -0.2) is 9.97 Å². The smallest absolute Gasteiger partial charge is 0.159 e. The third kappa shape index (κ3) is 1.68. The average Bonchev–Trinajstić information content (AvgIpc) is 2.28. The third-order valence-electron chi connectivity index (χ3n) is 2.49. The minimum Gasteiger partial charge on any atom is -0.504 e. The average molecular weight is 291 g/mol. The van der Waals surface area contributed by atoms with E-state index in [0.29, 0.717) is 11.0 Å². The third-order valence-corrected chi connectivity index (χ3v) is 2.98. The largest absolute Gasteiger partial charge is 0.504 e. The number of benzene rings is 2. The second-order valence-electron chi connectivity index (χ2n) is 3.69. The highest BCUT2D eigenvalue weighted by atomic mass is 79.9. The van der Waals surface area contributed by atoms with E-state index in [1.54, 1.807) is 0 Å². The Morgan fingerprint density at radius 3 is 1.94 bits per heavy atom. The van der Waals surface area contributed by atoms with Crippen molar-refractivity contribution < 1.29 is 10.2 Å². The SMILES string of the molecule is Oc1cc2nc3ccc(Br)cc3nc2cc1O. The van der Waals surface area contributed by atoms with Crippen LogP contribution in [0.15, 0.2) is 34.8 Å². The zero-order valence-corrected chi connectivity index (χ0v) is 10.1. The molecule has 1 heterocycles. The molecule has 4 nitrogen and oxygen atoms in total. The molecule has 2 aromatic carbocycles. The maximum absolute atomic E-state index is 9.42. The lowest BCUT2D eigenvalue weighted by molar-refractivity contribution is 0.404. The molecular weight excluding hydrogens is 284 g/mol. The van der Waals surface area contributed by atoms with E-state index in [0.717, 1.165) is 15.5 Å².